The smallest absolute Gasteiger partial charge is 0.179 e. The van der Waals surface area contributed by atoms with Gasteiger partial charge in [0.2, 0.25) is 0 Å². The Morgan fingerprint density at radius 2 is 1.82 bits per heavy atom. The van der Waals surface area contributed by atoms with E-state index in [1.54, 1.807) is 0 Å². The summed E-state index contributed by atoms with van der Waals surface area (Å²) in [4.78, 5) is 12.5. The third-order valence-corrected chi connectivity index (χ3v) is 4.54. The van der Waals surface area contributed by atoms with E-state index in [0.29, 0.717) is 6.04 Å². The summed E-state index contributed by atoms with van der Waals surface area (Å²) in [7, 11) is 0. The molecule has 22 heavy (non-hydrogen) atoms. The van der Waals surface area contributed by atoms with Gasteiger partial charge in [-0.05, 0) is 38.2 Å². The number of hydrogen-bond acceptors (Lipinski definition) is 2. The fourth-order valence-electron chi connectivity index (χ4n) is 3.17. The Morgan fingerprint density at radius 1 is 1.18 bits per heavy atom. The Balaban J connectivity index is 0.00000242. The fraction of sp³-hybridized carbons (Fsp3) is 0.632. The van der Waals surface area contributed by atoms with Gasteiger partial charge in [0.05, 0.1) is 6.04 Å². The van der Waals surface area contributed by atoms with E-state index in [-0.39, 0.29) is 24.2 Å². The second-order valence-corrected chi connectivity index (χ2v) is 6.39. The van der Waals surface area contributed by atoms with Gasteiger partial charge in [0.1, 0.15) is 0 Å². The maximum atomic E-state index is 12.5. The number of hydrogen-bond donors (Lipinski definition) is 1. The molecule has 1 saturated carbocycles. The van der Waals surface area contributed by atoms with Crippen molar-refractivity contribution in [1.82, 2.24) is 5.32 Å². The highest BCUT2D eigenvalue weighted by atomic mass is 35.5. The molecule has 1 aromatic carbocycles. The minimum Gasteiger partial charge on any atom is -0.305 e. The van der Waals surface area contributed by atoms with E-state index in [4.69, 9.17) is 0 Å². The molecule has 0 radical (unpaired) electrons. The number of nitrogens with one attached hydrogen (secondary N) is 1. The Morgan fingerprint density at radius 3 is 2.41 bits per heavy atom. The maximum absolute atomic E-state index is 12.5. The first-order chi connectivity index (χ1) is 10.2. The van der Waals surface area contributed by atoms with E-state index in [2.05, 4.69) is 24.4 Å². The van der Waals surface area contributed by atoms with Crippen LogP contribution in [0.4, 0.5) is 0 Å². The highest BCUT2D eigenvalue weighted by molar-refractivity contribution is 5.99. The van der Waals surface area contributed by atoms with Crippen molar-refractivity contribution in [2.75, 3.05) is 0 Å². The van der Waals surface area contributed by atoms with E-state index in [1.165, 1.54) is 50.5 Å². The number of halogens is 1. The molecule has 1 fully saturated rings. The number of carbonyl (C=O) groups excluding carboxylic acids is 1. The summed E-state index contributed by atoms with van der Waals surface area (Å²) >= 11 is 0. The molecule has 1 unspecified atom stereocenters. The lowest BCUT2D eigenvalue weighted by molar-refractivity contribution is 0.0940. The topological polar surface area (TPSA) is 29.1 Å². The number of aryl methyl sites for hydroxylation is 1. The lowest BCUT2D eigenvalue weighted by Crippen LogP contribution is -2.42. The largest absolute Gasteiger partial charge is 0.305 e. The number of unbranched alkanes of at least 4 members (excludes halogenated alkanes) is 1. The average molecular weight is 324 g/mol. The Labute approximate surface area is 141 Å². The Kier molecular flexibility index (Phi) is 8.74. The van der Waals surface area contributed by atoms with Gasteiger partial charge in [-0.1, -0.05) is 56.9 Å². The van der Waals surface area contributed by atoms with E-state index >= 15 is 0 Å². The first-order valence-corrected chi connectivity index (χ1v) is 8.60. The minimum atomic E-state index is -0.0745. The summed E-state index contributed by atoms with van der Waals surface area (Å²) in [5.74, 6) is 0.225. The van der Waals surface area contributed by atoms with E-state index in [1.807, 2.05) is 19.1 Å². The van der Waals surface area contributed by atoms with Crippen LogP contribution in [0, 0.1) is 0 Å². The molecule has 1 aromatic rings. The van der Waals surface area contributed by atoms with Crippen molar-refractivity contribution in [3.8, 4) is 0 Å². The number of ketones is 1. The average Bonchev–Trinajstić information content (AvgIpc) is 2.53. The molecule has 1 atom stereocenters. The summed E-state index contributed by atoms with van der Waals surface area (Å²) in [6, 6.07) is 8.65. The summed E-state index contributed by atoms with van der Waals surface area (Å²) in [5.41, 5.74) is 2.17. The zero-order valence-corrected chi connectivity index (χ0v) is 14.8. The van der Waals surface area contributed by atoms with Crippen molar-refractivity contribution in [3.63, 3.8) is 0 Å². The van der Waals surface area contributed by atoms with Crippen LogP contribution >= 0.6 is 12.4 Å². The number of carbonyl (C=O) groups is 1. The summed E-state index contributed by atoms with van der Waals surface area (Å²) in [5, 5.41) is 3.52. The maximum Gasteiger partial charge on any atom is 0.179 e. The van der Waals surface area contributed by atoms with Crippen LogP contribution in [0.15, 0.2) is 24.3 Å². The van der Waals surface area contributed by atoms with Gasteiger partial charge in [0.25, 0.3) is 0 Å². The van der Waals surface area contributed by atoms with Crippen molar-refractivity contribution in [3.05, 3.63) is 35.4 Å². The van der Waals surface area contributed by atoms with Crippen LogP contribution in [0.2, 0.25) is 0 Å². The second kappa shape index (κ2) is 10.0. The molecule has 0 aromatic heterocycles. The van der Waals surface area contributed by atoms with Crippen molar-refractivity contribution in [2.24, 2.45) is 0 Å². The van der Waals surface area contributed by atoms with Crippen molar-refractivity contribution in [2.45, 2.75) is 77.3 Å². The first kappa shape index (κ1) is 19.2. The molecule has 0 spiro atoms. The second-order valence-electron chi connectivity index (χ2n) is 6.39. The van der Waals surface area contributed by atoms with Gasteiger partial charge < -0.3 is 5.32 Å². The first-order valence-electron chi connectivity index (χ1n) is 8.60. The minimum absolute atomic E-state index is 0. The van der Waals surface area contributed by atoms with Crippen molar-refractivity contribution >= 4 is 18.2 Å². The van der Waals surface area contributed by atoms with Gasteiger partial charge in [-0.2, -0.15) is 0 Å². The summed E-state index contributed by atoms with van der Waals surface area (Å²) in [6.07, 6.45) is 9.91. The molecule has 3 heteroatoms. The van der Waals surface area contributed by atoms with Crippen LogP contribution in [-0.2, 0) is 6.42 Å². The Bertz CT molecular complexity index is 437. The molecule has 0 aliphatic heterocycles. The fourth-order valence-corrected chi connectivity index (χ4v) is 3.17. The van der Waals surface area contributed by atoms with Crippen molar-refractivity contribution < 1.29 is 4.79 Å². The molecule has 1 aliphatic carbocycles. The van der Waals surface area contributed by atoms with Gasteiger partial charge in [-0.3, -0.25) is 4.79 Å². The molecule has 0 heterocycles. The molecule has 1 N–H and O–H groups in total. The third-order valence-electron chi connectivity index (χ3n) is 4.54. The zero-order valence-electron chi connectivity index (χ0n) is 13.9. The molecule has 0 bridgehead atoms. The standard InChI is InChI=1S/C19H29NO.ClH/c1-3-4-8-16-11-13-17(14-12-16)19(21)15(2)20-18-9-6-5-7-10-18;/h11-15,18,20H,3-10H2,1-2H3;1H. The molecule has 2 nitrogen and oxygen atoms in total. The molecule has 0 saturated heterocycles. The van der Waals surface area contributed by atoms with Crippen LogP contribution in [0.5, 0.6) is 0 Å². The summed E-state index contributed by atoms with van der Waals surface area (Å²) < 4.78 is 0. The number of Topliss-reactive ketones (excluding diaryl/α,β-unsaturated/α-hetero) is 1. The predicted molar refractivity (Wildman–Crippen MR) is 96.1 cm³/mol. The number of benzene rings is 1. The lowest BCUT2D eigenvalue weighted by Gasteiger charge is -2.26. The molecular formula is C19H30ClNO. The SMILES string of the molecule is CCCCc1ccc(C(=O)C(C)NC2CCCCC2)cc1.Cl. The van der Waals surface area contributed by atoms with E-state index in [9.17, 15) is 4.79 Å². The lowest BCUT2D eigenvalue weighted by atomic mass is 9.94. The van der Waals surface area contributed by atoms with Gasteiger partial charge >= 0.3 is 0 Å². The van der Waals surface area contributed by atoms with Gasteiger partial charge in [-0.25, -0.2) is 0 Å². The van der Waals surface area contributed by atoms with Crippen LogP contribution in [0.25, 0.3) is 0 Å². The molecular weight excluding hydrogens is 294 g/mol. The van der Waals surface area contributed by atoms with Gasteiger partial charge in [-0.15, -0.1) is 12.4 Å². The van der Waals surface area contributed by atoms with Crippen molar-refractivity contribution in [1.29, 1.82) is 0 Å². The quantitative estimate of drug-likeness (QED) is 0.720. The number of rotatable bonds is 7. The van der Waals surface area contributed by atoms with Crippen LogP contribution in [-0.4, -0.2) is 17.9 Å². The van der Waals surface area contributed by atoms with E-state index in [0.717, 1.165) is 12.0 Å². The van der Waals surface area contributed by atoms with E-state index < -0.39 is 0 Å². The zero-order chi connectivity index (χ0) is 15.1. The van der Waals surface area contributed by atoms with Crippen LogP contribution < -0.4 is 5.32 Å². The van der Waals surface area contributed by atoms with Crippen LogP contribution in [0.3, 0.4) is 0 Å². The summed E-state index contributed by atoms with van der Waals surface area (Å²) in [6.45, 7) is 4.21. The van der Waals surface area contributed by atoms with Gasteiger partial charge in [0, 0.05) is 11.6 Å². The predicted octanol–water partition coefficient (Wildman–Crippen LogP) is 4.94. The normalized spacial score (nSPS) is 16.8. The Hall–Kier alpha value is -0.860. The molecule has 0 amide bonds. The monoisotopic (exact) mass is 323 g/mol. The highest BCUT2D eigenvalue weighted by Gasteiger charge is 2.20. The molecule has 124 valence electrons. The highest BCUT2D eigenvalue weighted by Crippen LogP contribution is 2.18. The molecule has 1 aliphatic rings. The third kappa shape index (κ3) is 5.73. The van der Waals surface area contributed by atoms with Gasteiger partial charge in [0.15, 0.2) is 5.78 Å². The van der Waals surface area contributed by atoms with Crippen LogP contribution in [0.1, 0.15) is 74.7 Å². The molecule has 2 rings (SSSR count).